The Labute approximate surface area is 126 Å². The molecule has 0 spiro atoms. The molecule has 0 saturated carbocycles. The van der Waals surface area contributed by atoms with Crippen molar-refractivity contribution in [3.05, 3.63) is 64.7 Å². The van der Waals surface area contributed by atoms with E-state index in [1.165, 1.54) is 0 Å². The first-order valence-corrected chi connectivity index (χ1v) is 7.04. The minimum atomic E-state index is -0.119. The Kier molecular flexibility index (Phi) is 4.63. The third kappa shape index (κ3) is 3.43. The Bertz CT molecular complexity index is 649. The molecule has 2 rings (SSSR count). The van der Waals surface area contributed by atoms with Gasteiger partial charge in [0.15, 0.2) is 0 Å². The second-order valence-corrected chi connectivity index (χ2v) is 5.26. The third-order valence-electron chi connectivity index (χ3n) is 3.59. The summed E-state index contributed by atoms with van der Waals surface area (Å²) < 4.78 is 5.38. The summed E-state index contributed by atoms with van der Waals surface area (Å²) in [5.41, 5.74) is 3.80. The lowest BCUT2D eigenvalue weighted by atomic mass is 10.0. The zero-order valence-electron chi connectivity index (χ0n) is 12.9. The van der Waals surface area contributed by atoms with Gasteiger partial charge in [0.05, 0.1) is 13.2 Å². The SMILES string of the molecule is COc1ccc(C)cc1[C@H](C)NC(=O)c1ccccc1C. The molecule has 2 aromatic carbocycles. The molecule has 0 saturated heterocycles. The molecule has 0 aliphatic rings. The number of carbonyl (C=O) groups is 1. The quantitative estimate of drug-likeness (QED) is 0.926. The van der Waals surface area contributed by atoms with Crippen molar-refractivity contribution in [1.82, 2.24) is 5.32 Å². The monoisotopic (exact) mass is 283 g/mol. The summed E-state index contributed by atoms with van der Waals surface area (Å²) in [6.07, 6.45) is 0. The number of nitrogens with one attached hydrogen (secondary N) is 1. The third-order valence-corrected chi connectivity index (χ3v) is 3.59. The number of rotatable bonds is 4. The molecule has 0 heterocycles. The molecule has 0 aliphatic heterocycles. The number of benzene rings is 2. The van der Waals surface area contributed by atoms with Crippen molar-refractivity contribution >= 4 is 5.91 Å². The fraction of sp³-hybridized carbons (Fsp3) is 0.278. The Morgan fingerprint density at radius 1 is 1.14 bits per heavy atom. The molecule has 0 aromatic heterocycles. The molecule has 0 aliphatic carbocycles. The molecule has 110 valence electrons. The maximum Gasteiger partial charge on any atom is 0.252 e. The molecular weight excluding hydrogens is 262 g/mol. The van der Waals surface area contributed by atoms with Crippen molar-refractivity contribution in [2.24, 2.45) is 0 Å². The summed E-state index contributed by atoms with van der Waals surface area (Å²) in [5.74, 6) is 0.724. The van der Waals surface area contributed by atoms with Crippen LogP contribution in [0.1, 0.15) is 40.0 Å². The standard InChI is InChI=1S/C18H21NO2/c1-12-9-10-17(21-4)16(11-12)14(3)19-18(20)15-8-6-5-7-13(15)2/h5-11,14H,1-4H3,(H,19,20)/t14-/m0/s1. The van der Waals surface area contributed by atoms with Crippen molar-refractivity contribution in [3.63, 3.8) is 0 Å². The van der Waals surface area contributed by atoms with Crippen LogP contribution in [0, 0.1) is 13.8 Å². The van der Waals surface area contributed by atoms with E-state index in [0.717, 1.165) is 22.4 Å². The number of carbonyl (C=O) groups excluding carboxylic acids is 1. The van der Waals surface area contributed by atoms with Gasteiger partial charge in [-0.15, -0.1) is 0 Å². The number of methoxy groups -OCH3 is 1. The van der Waals surface area contributed by atoms with Crippen LogP contribution < -0.4 is 10.1 Å². The average Bonchev–Trinajstić information content (AvgIpc) is 2.47. The van der Waals surface area contributed by atoms with E-state index in [-0.39, 0.29) is 11.9 Å². The highest BCUT2D eigenvalue weighted by Gasteiger charge is 2.16. The van der Waals surface area contributed by atoms with Crippen LogP contribution in [0.3, 0.4) is 0 Å². The van der Waals surface area contributed by atoms with E-state index in [1.54, 1.807) is 7.11 Å². The van der Waals surface area contributed by atoms with Gasteiger partial charge >= 0.3 is 0 Å². The van der Waals surface area contributed by atoms with Crippen LogP contribution in [0.5, 0.6) is 5.75 Å². The molecule has 3 nitrogen and oxygen atoms in total. The van der Waals surface area contributed by atoms with Gasteiger partial charge in [-0.25, -0.2) is 0 Å². The van der Waals surface area contributed by atoms with Crippen LogP contribution in [-0.2, 0) is 0 Å². The van der Waals surface area contributed by atoms with Gasteiger partial charge < -0.3 is 10.1 Å². The lowest BCUT2D eigenvalue weighted by molar-refractivity contribution is 0.0939. The van der Waals surface area contributed by atoms with E-state index in [2.05, 4.69) is 5.32 Å². The van der Waals surface area contributed by atoms with Gasteiger partial charge in [-0.1, -0.05) is 35.9 Å². The van der Waals surface area contributed by atoms with E-state index in [9.17, 15) is 4.79 Å². The normalized spacial score (nSPS) is 11.8. The summed E-state index contributed by atoms with van der Waals surface area (Å²) in [6, 6.07) is 13.4. The number of amides is 1. The minimum absolute atomic E-state index is 0.0656. The molecule has 0 fully saturated rings. The van der Waals surface area contributed by atoms with E-state index in [0.29, 0.717) is 5.56 Å². The molecule has 0 unspecified atom stereocenters. The summed E-state index contributed by atoms with van der Waals surface area (Å²) in [4.78, 5) is 12.4. The number of hydrogen-bond donors (Lipinski definition) is 1. The Hall–Kier alpha value is -2.29. The van der Waals surface area contributed by atoms with Crippen LogP contribution in [0.2, 0.25) is 0 Å². The highest BCUT2D eigenvalue weighted by molar-refractivity contribution is 5.95. The van der Waals surface area contributed by atoms with Crippen molar-refractivity contribution in [2.45, 2.75) is 26.8 Å². The first-order valence-electron chi connectivity index (χ1n) is 7.04. The van der Waals surface area contributed by atoms with Gasteiger partial charge in [-0.2, -0.15) is 0 Å². The van der Waals surface area contributed by atoms with Crippen LogP contribution in [0.4, 0.5) is 0 Å². The lowest BCUT2D eigenvalue weighted by Crippen LogP contribution is -2.27. The molecule has 0 bridgehead atoms. The van der Waals surface area contributed by atoms with Crippen LogP contribution in [-0.4, -0.2) is 13.0 Å². The lowest BCUT2D eigenvalue weighted by Gasteiger charge is -2.18. The van der Waals surface area contributed by atoms with Crippen LogP contribution >= 0.6 is 0 Å². The number of hydrogen-bond acceptors (Lipinski definition) is 2. The molecular formula is C18H21NO2. The van der Waals surface area contributed by atoms with E-state index < -0.39 is 0 Å². The van der Waals surface area contributed by atoms with Crippen molar-refractivity contribution in [3.8, 4) is 5.75 Å². The average molecular weight is 283 g/mol. The van der Waals surface area contributed by atoms with Crippen LogP contribution in [0.25, 0.3) is 0 Å². The van der Waals surface area contributed by atoms with Gasteiger partial charge in [0.2, 0.25) is 0 Å². The van der Waals surface area contributed by atoms with E-state index in [1.807, 2.05) is 63.2 Å². The first kappa shape index (κ1) is 15.1. The Balaban J connectivity index is 2.22. The predicted molar refractivity (Wildman–Crippen MR) is 84.8 cm³/mol. The largest absolute Gasteiger partial charge is 0.496 e. The molecule has 1 amide bonds. The molecule has 1 N–H and O–H groups in total. The van der Waals surface area contributed by atoms with Gasteiger partial charge in [-0.3, -0.25) is 4.79 Å². The van der Waals surface area contributed by atoms with Crippen molar-refractivity contribution in [2.75, 3.05) is 7.11 Å². The highest BCUT2D eigenvalue weighted by Crippen LogP contribution is 2.26. The Morgan fingerprint density at radius 3 is 2.52 bits per heavy atom. The first-order chi connectivity index (χ1) is 10.0. The number of aryl methyl sites for hydroxylation is 2. The van der Waals surface area contributed by atoms with Gasteiger partial charge in [0.1, 0.15) is 5.75 Å². The molecule has 21 heavy (non-hydrogen) atoms. The summed E-state index contributed by atoms with van der Waals surface area (Å²) >= 11 is 0. The maximum absolute atomic E-state index is 12.4. The zero-order valence-corrected chi connectivity index (χ0v) is 12.9. The Morgan fingerprint density at radius 2 is 1.86 bits per heavy atom. The van der Waals surface area contributed by atoms with Gasteiger partial charge in [-0.05, 0) is 38.5 Å². The second-order valence-electron chi connectivity index (χ2n) is 5.26. The van der Waals surface area contributed by atoms with Gasteiger partial charge in [0.25, 0.3) is 5.91 Å². The maximum atomic E-state index is 12.4. The molecule has 0 radical (unpaired) electrons. The highest BCUT2D eigenvalue weighted by atomic mass is 16.5. The fourth-order valence-electron chi connectivity index (χ4n) is 2.37. The molecule has 1 atom stereocenters. The second kappa shape index (κ2) is 6.44. The van der Waals surface area contributed by atoms with Crippen molar-refractivity contribution < 1.29 is 9.53 Å². The fourth-order valence-corrected chi connectivity index (χ4v) is 2.37. The minimum Gasteiger partial charge on any atom is -0.496 e. The van der Waals surface area contributed by atoms with Gasteiger partial charge in [0, 0.05) is 11.1 Å². The van der Waals surface area contributed by atoms with Crippen LogP contribution in [0.15, 0.2) is 42.5 Å². The zero-order chi connectivity index (χ0) is 15.4. The summed E-state index contributed by atoms with van der Waals surface area (Å²) in [6.45, 7) is 5.93. The predicted octanol–water partition coefficient (Wildman–Crippen LogP) is 3.80. The van der Waals surface area contributed by atoms with E-state index >= 15 is 0 Å². The smallest absolute Gasteiger partial charge is 0.252 e. The van der Waals surface area contributed by atoms with Crippen molar-refractivity contribution in [1.29, 1.82) is 0 Å². The number of ether oxygens (including phenoxy) is 1. The molecule has 2 aromatic rings. The molecule has 3 heteroatoms. The summed E-state index contributed by atoms with van der Waals surface area (Å²) in [5, 5.41) is 3.04. The topological polar surface area (TPSA) is 38.3 Å². The van der Waals surface area contributed by atoms with E-state index in [4.69, 9.17) is 4.74 Å². The summed E-state index contributed by atoms with van der Waals surface area (Å²) in [7, 11) is 1.64.